The lowest BCUT2D eigenvalue weighted by Gasteiger charge is -2.18. The average Bonchev–Trinajstić information content (AvgIpc) is 3.12. The van der Waals surface area contributed by atoms with E-state index in [1.54, 1.807) is 6.21 Å². The SMILES string of the molecule is Cc1ccccc1Cn1cc(/C=N\NC(=O)c2ccc(C(C)(C)C)cc2)c2ccccc21. The maximum atomic E-state index is 12.5. The second-order valence-electron chi connectivity index (χ2n) is 9.18. The fourth-order valence-corrected chi connectivity index (χ4v) is 3.83. The molecule has 0 radical (unpaired) electrons. The van der Waals surface area contributed by atoms with E-state index < -0.39 is 0 Å². The lowest BCUT2D eigenvalue weighted by atomic mass is 9.87. The minimum absolute atomic E-state index is 0.0552. The van der Waals surface area contributed by atoms with Crippen LogP contribution >= 0.6 is 0 Å². The zero-order chi connectivity index (χ0) is 22.7. The molecule has 0 aliphatic heterocycles. The van der Waals surface area contributed by atoms with Gasteiger partial charge in [-0.15, -0.1) is 0 Å². The van der Waals surface area contributed by atoms with Crippen molar-refractivity contribution in [1.82, 2.24) is 9.99 Å². The number of rotatable bonds is 5. The van der Waals surface area contributed by atoms with Crippen LogP contribution in [0.3, 0.4) is 0 Å². The second kappa shape index (κ2) is 8.83. The number of nitrogens with one attached hydrogen (secondary N) is 1. The maximum absolute atomic E-state index is 12.5. The Morgan fingerprint density at radius 2 is 1.66 bits per heavy atom. The van der Waals surface area contributed by atoms with E-state index in [2.05, 4.69) is 85.4 Å². The molecule has 1 aromatic heterocycles. The molecule has 0 unspecified atom stereocenters. The molecular formula is C28H29N3O. The van der Waals surface area contributed by atoms with Gasteiger partial charge in [0.25, 0.3) is 5.91 Å². The summed E-state index contributed by atoms with van der Waals surface area (Å²) in [4.78, 5) is 12.5. The van der Waals surface area contributed by atoms with Crippen molar-refractivity contribution in [2.24, 2.45) is 5.10 Å². The third kappa shape index (κ3) is 4.65. The molecule has 32 heavy (non-hydrogen) atoms. The number of benzene rings is 3. The highest BCUT2D eigenvalue weighted by molar-refractivity contribution is 6.00. The van der Waals surface area contributed by atoms with Crippen molar-refractivity contribution < 1.29 is 4.79 Å². The standard InChI is InChI=1S/C28H29N3O/c1-20-9-5-6-10-22(20)18-31-19-23(25-11-7-8-12-26(25)31)17-29-30-27(32)21-13-15-24(16-14-21)28(2,3)4/h5-17,19H,18H2,1-4H3,(H,30,32)/b29-17-. The number of carbonyl (C=O) groups excluding carboxylic acids is 1. The van der Waals surface area contributed by atoms with Crippen LogP contribution in [0.15, 0.2) is 84.1 Å². The lowest BCUT2D eigenvalue weighted by molar-refractivity contribution is 0.0955. The van der Waals surface area contributed by atoms with E-state index >= 15 is 0 Å². The second-order valence-corrected chi connectivity index (χ2v) is 9.18. The predicted octanol–water partition coefficient (Wildman–Crippen LogP) is 6.06. The molecule has 3 aromatic carbocycles. The smallest absolute Gasteiger partial charge is 0.271 e. The van der Waals surface area contributed by atoms with Crippen LogP contribution in [0.4, 0.5) is 0 Å². The molecule has 1 heterocycles. The van der Waals surface area contributed by atoms with Gasteiger partial charge in [-0.2, -0.15) is 5.10 Å². The number of fused-ring (bicyclic) bond motifs is 1. The molecule has 0 saturated carbocycles. The van der Waals surface area contributed by atoms with Gasteiger partial charge in [-0.05, 0) is 47.2 Å². The van der Waals surface area contributed by atoms with Crippen molar-refractivity contribution in [3.63, 3.8) is 0 Å². The quantitative estimate of drug-likeness (QED) is 0.308. The van der Waals surface area contributed by atoms with E-state index in [1.165, 1.54) is 16.7 Å². The van der Waals surface area contributed by atoms with Gasteiger partial charge in [0.05, 0.1) is 6.21 Å². The normalized spacial score (nSPS) is 11.9. The summed E-state index contributed by atoms with van der Waals surface area (Å²) < 4.78 is 2.23. The average molecular weight is 424 g/mol. The fourth-order valence-electron chi connectivity index (χ4n) is 3.83. The molecule has 4 aromatic rings. The minimum Gasteiger partial charge on any atom is -0.342 e. The summed E-state index contributed by atoms with van der Waals surface area (Å²) in [5, 5.41) is 5.34. The first-order valence-electron chi connectivity index (χ1n) is 10.9. The number of hydrogen-bond acceptors (Lipinski definition) is 2. The monoisotopic (exact) mass is 423 g/mol. The van der Waals surface area contributed by atoms with E-state index in [0.29, 0.717) is 5.56 Å². The molecule has 4 nitrogen and oxygen atoms in total. The Morgan fingerprint density at radius 1 is 0.969 bits per heavy atom. The van der Waals surface area contributed by atoms with Gasteiger partial charge >= 0.3 is 0 Å². The molecular weight excluding hydrogens is 394 g/mol. The first-order valence-corrected chi connectivity index (χ1v) is 10.9. The molecule has 0 saturated heterocycles. The van der Waals surface area contributed by atoms with Gasteiger partial charge in [0.2, 0.25) is 0 Å². The van der Waals surface area contributed by atoms with Gasteiger partial charge in [0.1, 0.15) is 0 Å². The molecule has 1 N–H and O–H groups in total. The lowest BCUT2D eigenvalue weighted by Crippen LogP contribution is -2.18. The molecule has 0 spiro atoms. The fraction of sp³-hybridized carbons (Fsp3) is 0.214. The molecule has 1 amide bonds. The molecule has 4 heteroatoms. The van der Waals surface area contributed by atoms with Crippen molar-refractivity contribution in [2.45, 2.75) is 39.7 Å². The Labute approximate surface area is 189 Å². The summed E-state index contributed by atoms with van der Waals surface area (Å²) >= 11 is 0. The largest absolute Gasteiger partial charge is 0.342 e. The highest BCUT2D eigenvalue weighted by Crippen LogP contribution is 2.23. The molecule has 162 valence electrons. The number of aromatic nitrogens is 1. The van der Waals surface area contributed by atoms with E-state index in [4.69, 9.17) is 0 Å². The highest BCUT2D eigenvalue weighted by atomic mass is 16.2. The Morgan fingerprint density at radius 3 is 2.38 bits per heavy atom. The first-order chi connectivity index (χ1) is 15.3. The summed E-state index contributed by atoms with van der Waals surface area (Å²) in [6.45, 7) is 9.38. The van der Waals surface area contributed by atoms with E-state index in [0.717, 1.165) is 23.0 Å². The molecule has 0 aliphatic rings. The van der Waals surface area contributed by atoms with Crippen LogP contribution in [0.25, 0.3) is 10.9 Å². The predicted molar refractivity (Wildman–Crippen MR) is 132 cm³/mol. The Kier molecular flexibility index (Phi) is 5.95. The highest BCUT2D eigenvalue weighted by Gasteiger charge is 2.14. The number of carbonyl (C=O) groups is 1. The van der Waals surface area contributed by atoms with E-state index in [1.807, 2.05) is 36.4 Å². The summed E-state index contributed by atoms with van der Waals surface area (Å²) in [6, 6.07) is 24.4. The van der Waals surface area contributed by atoms with Crippen LogP contribution in [0.2, 0.25) is 0 Å². The van der Waals surface area contributed by atoms with Gasteiger partial charge in [-0.25, -0.2) is 5.43 Å². The Bertz CT molecular complexity index is 1270. The van der Waals surface area contributed by atoms with Crippen molar-refractivity contribution in [3.8, 4) is 0 Å². The van der Waals surface area contributed by atoms with Gasteiger partial charge in [-0.1, -0.05) is 75.4 Å². The maximum Gasteiger partial charge on any atom is 0.271 e. The van der Waals surface area contributed by atoms with Crippen LogP contribution in [-0.2, 0) is 12.0 Å². The third-order valence-electron chi connectivity index (χ3n) is 5.80. The van der Waals surface area contributed by atoms with Crippen LogP contribution in [0, 0.1) is 6.92 Å². The number of hydrazone groups is 1. The van der Waals surface area contributed by atoms with Crippen molar-refractivity contribution >= 4 is 23.0 Å². The van der Waals surface area contributed by atoms with Crippen molar-refractivity contribution in [3.05, 3.63) is 107 Å². The van der Waals surface area contributed by atoms with Crippen LogP contribution in [-0.4, -0.2) is 16.7 Å². The van der Waals surface area contributed by atoms with Crippen LogP contribution in [0.1, 0.15) is 53.4 Å². The van der Waals surface area contributed by atoms with Crippen LogP contribution < -0.4 is 5.43 Å². The van der Waals surface area contributed by atoms with Crippen LogP contribution in [0.5, 0.6) is 0 Å². The number of hydrogen-bond donors (Lipinski definition) is 1. The number of para-hydroxylation sites is 1. The minimum atomic E-state index is -0.217. The summed E-state index contributed by atoms with van der Waals surface area (Å²) in [6.07, 6.45) is 3.81. The summed E-state index contributed by atoms with van der Waals surface area (Å²) in [5.74, 6) is -0.217. The topological polar surface area (TPSA) is 46.4 Å². The first kappa shape index (κ1) is 21.6. The van der Waals surface area contributed by atoms with Gasteiger partial charge < -0.3 is 4.57 Å². The van der Waals surface area contributed by atoms with Gasteiger partial charge in [-0.3, -0.25) is 4.79 Å². The number of aryl methyl sites for hydroxylation is 1. The zero-order valence-corrected chi connectivity index (χ0v) is 19.1. The van der Waals surface area contributed by atoms with Crippen molar-refractivity contribution in [1.29, 1.82) is 0 Å². The Hall–Kier alpha value is -3.66. The molecule has 4 rings (SSSR count). The summed E-state index contributed by atoms with van der Waals surface area (Å²) in [7, 11) is 0. The Balaban J connectivity index is 1.53. The van der Waals surface area contributed by atoms with Gasteiger partial charge in [0, 0.05) is 34.8 Å². The van der Waals surface area contributed by atoms with E-state index in [-0.39, 0.29) is 11.3 Å². The molecule has 0 fully saturated rings. The molecule has 0 aliphatic carbocycles. The third-order valence-corrected chi connectivity index (χ3v) is 5.80. The van der Waals surface area contributed by atoms with Gasteiger partial charge in [0.15, 0.2) is 0 Å². The zero-order valence-electron chi connectivity index (χ0n) is 19.1. The molecule has 0 atom stereocenters. The number of nitrogens with zero attached hydrogens (tertiary/aromatic N) is 2. The van der Waals surface area contributed by atoms with E-state index in [9.17, 15) is 4.79 Å². The molecule has 0 bridgehead atoms. The van der Waals surface area contributed by atoms with Crippen molar-refractivity contribution in [2.75, 3.05) is 0 Å². The number of amides is 1. The summed E-state index contributed by atoms with van der Waals surface area (Å²) in [5.41, 5.74) is 9.16.